The second-order valence-corrected chi connectivity index (χ2v) is 12.9. The van der Waals surface area contributed by atoms with Gasteiger partial charge in [0.05, 0.1) is 45.0 Å². The van der Waals surface area contributed by atoms with Crippen molar-refractivity contribution in [2.75, 3.05) is 0 Å². The predicted molar refractivity (Wildman–Crippen MR) is 189 cm³/mol. The molecule has 4 heteroatoms. The molecule has 0 radical (unpaired) electrons. The molecular weight excluding hydrogens is 560 g/mol. The highest BCUT2D eigenvalue weighted by molar-refractivity contribution is 6.12. The Labute approximate surface area is 267 Å². The van der Waals surface area contributed by atoms with Crippen LogP contribution < -0.4 is 0 Å². The van der Waals surface area contributed by atoms with Gasteiger partial charge in [-0.25, -0.2) is 0 Å². The molecule has 0 amide bonds. The van der Waals surface area contributed by atoms with Crippen LogP contribution in [-0.4, -0.2) is 9.13 Å². The van der Waals surface area contributed by atoms with Crippen LogP contribution in [0.1, 0.15) is 37.5 Å². The van der Waals surface area contributed by atoms with E-state index < -0.39 is 0 Å². The summed E-state index contributed by atoms with van der Waals surface area (Å²) in [6.45, 7) is 6.31. The van der Waals surface area contributed by atoms with E-state index in [2.05, 4.69) is 151 Å². The first-order valence-electron chi connectivity index (χ1n) is 15.5. The molecule has 0 atom stereocenters. The van der Waals surface area contributed by atoms with Gasteiger partial charge in [-0.05, 0) is 71.1 Å². The average molecular weight is 591 g/mol. The fourth-order valence-electron chi connectivity index (χ4n) is 7.16. The second-order valence-electron chi connectivity index (χ2n) is 12.9. The minimum absolute atomic E-state index is 0.364. The molecule has 6 aromatic carbocycles. The van der Waals surface area contributed by atoms with Gasteiger partial charge < -0.3 is 9.13 Å². The summed E-state index contributed by atoms with van der Waals surface area (Å²) in [5, 5.41) is 25.1. The van der Waals surface area contributed by atoms with Crippen molar-refractivity contribution >= 4 is 43.6 Å². The van der Waals surface area contributed by atoms with E-state index >= 15 is 0 Å². The molecule has 0 spiro atoms. The maximum Gasteiger partial charge on any atom is 0.101 e. The maximum absolute atomic E-state index is 10.3. The topological polar surface area (TPSA) is 57.4 Å². The Morgan fingerprint density at radius 3 is 1.72 bits per heavy atom. The van der Waals surface area contributed by atoms with Gasteiger partial charge in [0.2, 0.25) is 0 Å². The Kier molecular flexibility index (Phi) is 6.11. The molecule has 218 valence electrons. The van der Waals surface area contributed by atoms with Gasteiger partial charge in [-0.15, -0.1) is 0 Å². The summed E-state index contributed by atoms with van der Waals surface area (Å²) in [6.07, 6.45) is 0. The van der Waals surface area contributed by atoms with Crippen LogP contribution in [-0.2, 0) is 5.41 Å². The molecule has 0 aliphatic rings. The summed E-state index contributed by atoms with van der Waals surface area (Å²) < 4.78 is 4.53. The number of rotatable bonds is 3. The number of hydrogen-bond acceptors (Lipinski definition) is 2. The quantitative estimate of drug-likeness (QED) is 0.205. The molecule has 8 aromatic rings. The van der Waals surface area contributed by atoms with E-state index in [1.54, 1.807) is 12.1 Å². The van der Waals surface area contributed by atoms with Gasteiger partial charge in [-0.3, -0.25) is 0 Å². The summed E-state index contributed by atoms with van der Waals surface area (Å²) in [4.78, 5) is 0. The second kappa shape index (κ2) is 10.2. The van der Waals surface area contributed by atoms with Crippen LogP contribution in [0.3, 0.4) is 0 Å². The summed E-state index contributed by atoms with van der Waals surface area (Å²) in [5.41, 5.74) is 10.2. The van der Waals surface area contributed by atoms with Crippen molar-refractivity contribution in [2.45, 2.75) is 26.2 Å². The van der Waals surface area contributed by atoms with Crippen molar-refractivity contribution in [2.24, 2.45) is 0 Å². The Morgan fingerprint density at radius 1 is 0.478 bits per heavy atom. The van der Waals surface area contributed by atoms with Crippen LogP contribution in [0.25, 0.3) is 66.1 Å². The summed E-state index contributed by atoms with van der Waals surface area (Å²) >= 11 is 0. The third-order valence-electron chi connectivity index (χ3n) is 9.09. The SMILES string of the molecule is CC(C)(C)c1c(C#N)ccc(C#N)c1-n1c2ccccc2c2cc(-c3ccc4c5ccccc5n(-c5ccccc5)c4c3)ccc21. The maximum atomic E-state index is 10.3. The highest BCUT2D eigenvalue weighted by atomic mass is 15.0. The number of nitrogens with zero attached hydrogens (tertiary/aromatic N) is 4. The van der Waals surface area contributed by atoms with Crippen molar-refractivity contribution in [3.63, 3.8) is 0 Å². The molecule has 0 unspecified atom stereocenters. The molecule has 2 aromatic heterocycles. The summed E-state index contributed by atoms with van der Waals surface area (Å²) in [5.74, 6) is 0. The Morgan fingerprint density at radius 2 is 1.02 bits per heavy atom. The molecular formula is C42H30N4. The summed E-state index contributed by atoms with van der Waals surface area (Å²) in [7, 11) is 0. The number of hydrogen-bond donors (Lipinski definition) is 0. The normalized spacial score (nSPS) is 11.8. The molecule has 0 fully saturated rings. The minimum atomic E-state index is -0.364. The highest BCUT2D eigenvalue weighted by Gasteiger charge is 2.28. The molecule has 0 bridgehead atoms. The minimum Gasteiger partial charge on any atom is -0.309 e. The molecule has 0 aliphatic heterocycles. The molecule has 4 nitrogen and oxygen atoms in total. The fourth-order valence-corrected chi connectivity index (χ4v) is 7.16. The van der Waals surface area contributed by atoms with Gasteiger partial charge in [0.25, 0.3) is 0 Å². The zero-order valence-corrected chi connectivity index (χ0v) is 25.9. The van der Waals surface area contributed by atoms with Gasteiger partial charge >= 0.3 is 0 Å². The van der Waals surface area contributed by atoms with E-state index in [4.69, 9.17) is 0 Å². The van der Waals surface area contributed by atoms with E-state index in [1.165, 1.54) is 16.3 Å². The first-order valence-corrected chi connectivity index (χ1v) is 15.5. The molecule has 0 saturated heterocycles. The van der Waals surface area contributed by atoms with Crippen molar-refractivity contribution in [1.82, 2.24) is 9.13 Å². The van der Waals surface area contributed by atoms with Crippen molar-refractivity contribution < 1.29 is 0 Å². The Bertz CT molecular complexity index is 2580. The highest BCUT2D eigenvalue weighted by Crippen LogP contribution is 2.41. The molecule has 0 aliphatic carbocycles. The van der Waals surface area contributed by atoms with Gasteiger partial charge in [0.1, 0.15) is 6.07 Å². The van der Waals surface area contributed by atoms with Crippen LogP contribution in [0.15, 0.2) is 127 Å². The molecule has 8 rings (SSSR count). The lowest BCUT2D eigenvalue weighted by Gasteiger charge is -2.26. The number of nitriles is 2. The van der Waals surface area contributed by atoms with Gasteiger partial charge in [0.15, 0.2) is 0 Å². The molecule has 0 saturated carbocycles. The van der Waals surface area contributed by atoms with E-state index in [0.29, 0.717) is 11.1 Å². The standard InChI is InChI=1S/C42H30N4/c1-42(2,3)40-29(25-43)17-18-30(26-44)41(40)46-37-16-10-8-14-33(37)35-23-27(20-22-38(35)46)28-19-21-34-32-13-7-9-15-36(32)45(39(34)24-28)31-11-5-4-6-12-31/h4-24H,1-3H3. The van der Waals surface area contributed by atoms with Gasteiger partial charge in [0, 0.05) is 32.8 Å². The number of fused-ring (bicyclic) bond motifs is 6. The Balaban J connectivity index is 1.41. The Hall–Kier alpha value is -6.10. The lowest BCUT2D eigenvalue weighted by atomic mass is 9.81. The van der Waals surface area contributed by atoms with Gasteiger partial charge in [-0.2, -0.15) is 10.5 Å². The van der Waals surface area contributed by atoms with E-state index in [9.17, 15) is 10.5 Å². The van der Waals surface area contributed by atoms with E-state index in [1.807, 2.05) is 6.07 Å². The number of para-hydroxylation sites is 3. The lowest BCUT2D eigenvalue weighted by Crippen LogP contribution is -2.18. The zero-order chi connectivity index (χ0) is 31.6. The third-order valence-corrected chi connectivity index (χ3v) is 9.09. The molecule has 2 heterocycles. The third kappa shape index (κ3) is 4.05. The van der Waals surface area contributed by atoms with Crippen LogP contribution in [0.5, 0.6) is 0 Å². The van der Waals surface area contributed by atoms with Gasteiger partial charge in [-0.1, -0.05) is 93.6 Å². The van der Waals surface area contributed by atoms with Crippen LogP contribution in [0.4, 0.5) is 0 Å². The lowest BCUT2D eigenvalue weighted by molar-refractivity contribution is 0.585. The van der Waals surface area contributed by atoms with Crippen LogP contribution in [0.2, 0.25) is 0 Å². The smallest absolute Gasteiger partial charge is 0.101 e. The number of aromatic nitrogens is 2. The molecule has 0 N–H and O–H groups in total. The average Bonchev–Trinajstić information content (AvgIpc) is 3.59. The largest absolute Gasteiger partial charge is 0.309 e. The van der Waals surface area contributed by atoms with Crippen molar-refractivity contribution in [3.8, 4) is 34.6 Å². The van der Waals surface area contributed by atoms with Crippen molar-refractivity contribution in [3.05, 3.63) is 144 Å². The van der Waals surface area contributed by atoms with Crippen LogP contribution >= 0.6 is 0 Å². The van der Waals surface area contributed by atoms with Crippen molar-refractivity contribution in [1.29, 1.82) is 10.5 Å². The predicted octanol–water partition coefficient (Wildman–Crippen LogP) is 10.6. The van der Waals surface area contributed by atoms with Crippen LogP contribution in [0, 0.1) is 22.7 Å². The van der Waals surface area contributed by atoms with E-state index in [0.717, 1.165) is 55.4 Å². The first kappa shape index (κ1) is 27.4. The van der Waals surface area contributed by atoms with E-state index in [-0.39, 0.29) is 5.41 Å². The molecule has 46 heavy (non-hydrogen) atoms. The summed E-state index contributed by atoms with van der Waals surface area (Å²) in [6, 6.07) is 49.2. The first-order chi connectivity index (χ1) is 22.4. The number of benzene rings is 6. The fraction of sp³-hybridized carbons (Fsp3) is 0.0952. The monoisotopic (exact) mass is 590 g/mol. The zero-order valence-electron chi connectivity index (χ0n) is 25.9.